The number of halogens is 1. The number of hydrogen-bond acceptors (Lipinski definition) is 5. The molecule has 10 heteroatoms. The second kappa shape index (κ2) is 11.0. The van der Waals surface area contributed by atoms with E-state index < -0.39 is 0 Å². The number of rotatable bonds is 6. The fourth-order valence-electron chi connectivity index (χ4n) is 2.70. The molecule has 1 aromatic rings. The van der Waals surface area contributed by atoms with Crippen molar-refractivity contribution in [3.8, 4) is 0 Å². The first kappa shape index (κ1) is 22.2. The Morgan fingerprint density at radius 3 is 2.73 bits per heavy atom. The number of aryl methyl sites for hydroxylation is 1. The van der Waals surface area contributed by atoms with Crippen molar-refractivity contribution in [3.05, 3.63) is 12.4 Å². The average molecular weight is 478 g/mol. The fourth-order valence-corrected chi connectivity index (χ4v) is 2.70. The van der Waals surface area contributed by atoms with E-state index in [1.807, 2.05) is 18.1 Å². The summed E-state index contributed by atoms with van der Waals surface area (Å²) < 4.78 is 6.30. The maximum atomic E-state index is 12.4. The number of aliphatic imine (C=N–C) groups is 1. The number of anilines is 1. The van der Waals surface area contributed by atoms with Gasteiger partial charge in [-0.15, -0.1) is 24.0 Å². The van der Waals surface area contributed by atoms with Gasteiger partial charge in [0.15, 0.2) is 5.96 Å². The van der Waals surface area contributed by atoms with Gasteiger partial charge in [-0.1, -0.05) is 0 Å². The molecule has 1 aromatic heterocycles. The third kappa shape index (κ3) is 6.15. The summed E-state index contributed by atoms with van der Waals surface area (Å²) in [5.41, 5.74) is 0.818. The van der Waals surface area contributed by atoms with E-state index in [1.54, 1.807) is 22.8 Å². The molecule has 0 atom stereocenters. The molecule has 1 aliphatic heterocycles. The first-order valence-corrected chi connectivity index (χ1v) is 8.36. The number of piperazine rings is 1. The zero-order valence-corrected chi connectivity index (χ0v) is 17.8. The van der Waals surface area contributed by atoms with E-state index in [2.05, 4.69) is 20.1 Å². The van der Waals surface area contributed by atoms with E-state index in [4.69, 9.17) is 0 Å². The van der Waals surface area contributed by atoms with E-state index in [-0.39, 0.29) is 42.4 Å². The fraction of sp³-hybridized carbons (Fsp3) is 0.625. The molecule has 26 heavy (non-hydrogen) atoms. The molecule has 0 spiro atoms. The van der Waals surface area contributed by atoms with Crippen molar-refractivity contribution in [2.24, 2.45) is 12.0 Å². The van der Waals surface area contributed by atoms with Crippen LogP contribution in [0.4, 0.5) is 5.69 Å². The summed E-state index contributed by atoms with van der Waals surface area (Å²) in [7, 11) is 4.93. The van der Waals surface area contributed by atoms with Crippen LogP contribution in [0, 0.1) is 0 Å². The minimum Gasteiger partial charge on any atom is -0.469 e. The van der Waals surface area contributed by atoms with Gasteiger partial charge in [0.1, 0.15) is 6.54 Å². The molecule has 1 fully saturated rings. The lowest BCUT2D eigenvalue weighted by Gasteiger charge is -2.35. The third-order valence-corrected chi connectivity index (χ3v) is 4.05. The maximum absolute atomic E-state index is 12.4. The number of carbonyl (C=O) groups excluding carboxylic acids is 2. The van der Waals surface area contributed by atoms with Crippen molar-refractivity contribution >= 4 is 47.5 Å². The highest BCUT2D eigenvalue weighted by Gasteiger charge is 2.27. The minimum atomic E-state index is -0.193. The number of nitrogens with zero attached hydrogens (tertiary/aromatic N) is 5. The summed E-state index contributed by atoms with van der Waals surface area (Å²) >= 11 is 0. The summed E-state index contributed by atoms with van der Waals surface area (Å²) in [6.07, 6.45) is 5.53. The van der Waals surface area contributed by atoms with Gasteiger partial charge < -0.3 is 19.9 Å². The van der Waals surface area contributed by atoms with Gasteiger partial charge in [-0.25, -0.2) is 0 Å². The van der Waals surface area contributed by atoms with E-state index >= 15 is 0 Å². The molecule has 1 N–H and O–H groups in total. The van der Waals surface area contributed by atoms with Crippen LogP contribution in [-0.4, -0.2) is 72.9 Å². The standard InChI is InChI=1S/C16H26N6O3.HI/c1-17-16(18-7-5-4-6-15(24)25-3)21-8-9-22(14(23)12-21)13-10-19-20(2)11-13;/h10-11H,4-9,12H2,1-3H3,(H,17,18);1H. The Labute approximate surface area is 170 Å². The van der Waals surface area contributed by atoms with Crippen LogP contribution in [0.3, 0.4) is 0 Å². The Bertz CT molecular complexity index is 633. The molecule has 146 valence electrons. The van der Waals surface area contributed by atoms with E-state index in [0.29, 0.717) is 32.0 Å². The topological polar surface area (TPSA) is 92.1 Å². The lowest BCUT2D eigenvalue weighted by Crippen LogP contribution is -2.55. The number of ether oxygens (including phenoxy) is 1. The number of amides is 1. The zero-order valence-electron chi connectivity index (χ0n) is 15.5. The first-order valence-electron chi connectivity index (χ1n) is 8.36. The number of nitrogens with one attached hydrogen (secondary N) is 1. The molecule has 1 aliphatic rings. The van der Waals surface area contributed by atoms with E-state index in [9.17, 15) is 9.59 Å². The lowest BCUT2D eigenvalue weighted by atomic mass is 10.2. The number of guanidine groups is 1. The van der Waals surface area contributed by atoms with Crippen LogP contribution in [0.5, 0.6) is 0 Å². The molecule has 0 saturated carbocycles. The van der Waals surface area contributed by atoms with Crippen molar-refractivity contribution in [1.29, 1.82) is 0 Å². The van der Waals surface area contributed by atoms with Gasteiger partial charge in [-0.05, 0) is 12.8 Å². The minimum absolute atomic E-state index is 0. The van der Waals surface area contributed by atoms with Crippen LogP contribution in [0.2, 0.25) is 0 Å². The summed E-state index contributed by atoms with van der Waals surface area (Å²) in [5, 5.41) is 7.36. The highest BCUT2D eigenvalue weighted by atomic mass is 127. The summed E-state index contributed by atoms with van der Waals surface area (Å²) in [4.78, 5) is 31.4. The van der Waals surface area contributed by atoms with Crippen LogP contribution in [-0.2, 0) is 21.4 Å². The molecular formula is C16H27IN6O3. The average Bonchev–Trinajstić information content (AvgIpc) is 3.03. The molecule has 1 amide bonds. The number of aromatic nitrogens is 2. The van der Waals surface area contributed by atoms with Crippen LogP contribution in [0.15, 0.2) is 17.4 Å². The smallest absolute Gasteiger partial charge is 0.305 e. The maximum Gasteiger partial charge on any atom is 0.305 e. The zero-order chi connectivity index (χ0) is 18.2. The number of hydrogen-bond donors (Lipinski definition) is 1. The Morgan fingerprint density at radius 1 is 1.38 bits per heavy atom. The molecule has 0 aliphatic carbocycles. The van der Waals surface area contributed by atoms with Gasteiger partial charge in [0.2, 0.25) is 5.91 Å². The van der Waals surface area contributed by atoms with Crippen LogP contribution in [0.1, 0.15) is 19.3 Å². The molecule has 0 radical (unpaired) electrons. The molecule has 9 nitrogen and oxygen atoms in total. The monoisotopic (exact) mass is 478 g/mol. The molecule has 2 heterocycles. The largest absolute Gasteiger partial charge is 0.469 e. The molecule has 1 saturated heterocycles. The second-order valence-electron chi connectivity index (χ2n) is 5.85. The number of carbonyl (C=O) groups is 2. The van der Waals surface area contributed by atoms with Crippen LogP contribution in [0.25, 0.3) is 0 Å². The highest BCUT2D eigenvalue weighted by Crippen LogP contribution is 2.16. The Kier molecular flexibility index (Phi) is 9.38. The molecule has 0 aromatic carbocycles. The lowest BCUT2D eigenvalue weighted by molar-refractivity contribution is -0.140. The predicted molar refractivity (Wildman–Crippen MR) is 110 cm³/mol. The highest BCUT2D eigenvalue weighted by molar-refractivity contribution is 14.0. The summed E-state index contributed by atoms with van der Waals surface area (Å²) in [6, 6.07) is 0. The molecular weight excluding hydrogens is 451 g/mol. The quantitative estimate of drug-likeness (QED) is 0.212. The number of unbranched alkanes of at least 4 members (excludes halogenated alkanes) is 1. The third-order valence-electron chi connectivity index (χ3n) is 4.05. The van der Waals surface area contributed by atoms with E-state index in [0.717, 1.165) is 18.5 Å². The van der Waals surface area contributed by atoms with Crippen LogP contribution < -0.4 is 10.2 Å². The SMILES string of the molecule is CN=C(NCCCCC(=O)OC)N1CCN(c2cnn(C)c2)C(=O)C1.I. The van der Waals surface area contributed by atoms with Gasteiger partial charge in [0.25, 0.3) is 0 Å². The molecule has 0 bridgehead atoms. The number of methoxy groups -OCH3 is 1. The Hall–Kier alpha value is -1.85. The molecule has 2 rings (SSSR count). The van der Waals surface area contributed by atoms with Crippen molar-refractivity contribution in [1.82, 2.24) is 20.0 Å². The van der Waals surface area contributed by atoms with Crippen molar-refractivity contribution in [2.75, 3.05) is 45.2 Å². The summed E-state index contributed by atoms with van der Waals surface area (Å²) in [6.45, 7) is 2.26. The number of esters is 1. The summed E-state index contributed by atoms with van der Waals surface area (Å²) in [5.74, 6) is 0.534. The van der Waals surface area contributed by atoms with Crippen molar-refractivity contribution in [3.63, 3.8) is 0 Å². The van der Waals surface area contributed by atoms with Gasteiger partial charge in [-0.3, -0.25) is 19.3 Å². The van der Waals surface area contributed by atoms with Gasteiger partial charge >= 0.3 is 5.97 Å². The van der Waals surface area contributed by atoms with Gasteiger partial charge in [-0.2, -0.15) is 5.10 Å². The van der Waals surface area contributed by atoms with Crippen LogP contribution >= 0.6 is 24.0 Å². The predicted octanol–water partition coefficient (Wildman–Crippen LogP) is 0.605. The Morgan fingerprint density at radius 2 is 2.15 bits per heavy atom. The van der Waals surface area contributed by atoms with Gasteiger partial charge in [0, 0.05) is 46.3 Å². The first-order chi connectivity index (χ1) is 12.0. The normalized spacial score (nSPS) is 14.9. The molecule has 0 unspecified atom stereocenters. The van der Waals surface area contributed by atoms with Crippen molar-refractivity contribution < 1.29 is 14.3 Å². The van der Waals surface area contributed by atoms with E-state index in [1.165, 1.54) is 7.11 Å². The Balaban J connectivity index is 0.00000338. The van der Waals surface area contributed by atoms with Gasteiger partial charge in [0.05, 0.1) is 19.0 Å². The second-order valence-corrected chi connectivity index (χ2v) is 5.85. The van der Waals surface area contributed by atoms with Crippen molar-refractivity contribution in [2.45, 2.75) is 19.3 Å².